The fraction of sp³-hybridized carbons (Fsp3) is 0.0714. The van der Waals surface area contributed by atoms with Crippen molar-refractivity contribution < 1.29 is 0 Å². The van der Waals surface area contributed by atoms with Gasteiger partial charge in [0.25, 0.3) is 0 Å². The second-order valence-electron chi connectivity index (χ2n) is 12.9. The maximum absolute atomic E-state index is 5.36. The summed E-state index contributed by atoms with van der Waals surface area (Å²) in [5.74, 6) is 2.22. The summed E-state index contributed by atoms with van der Waals surface area (Å²) in [5, 5.41) is 8.61. The van der Waals surface area contributed by atoms with E-state index in [9.17, 15) is 0 Å². The van der Waals surface area contributed by atoms with Crippen molar-refractivity contribution in [1.29, 1.82) is 0 Å². The van der Waals surface area contributed by atoms with Crippen molar-refractivity contribution in [1.82, 2.24) is 14.6 Å². The summed E-state index contributed by atoms with van der Waals surface area (Å²) in [6, 6.07) is 47.8. The molecule has 0 spiro atoms. The van der Waals surface area contributed by atoms with E-state index in [1.165, 1.54) is 53.2 Å². The number of hydrogen-bond donors (Lipinski definition) is 1. The number of rotatable bonds is 2. The second-order valence-corrected chi connectivity index (χ2v) is 14.0. The molecule has 222 valence electrons. The molecule has 0 atom stereocenters. The summed E-state index contributed by atoms with van der Waals surface area (Å²) in [5.41, 5.74) is 9.53. The third-order valence-electron chi connectivity index (χ3n) is 9.94. The molecule has 0 radical (unpaired) electrons. The van der Waals surface area contributed by atoms with E-state index in [0.717, 1.165) is 34.0 Å². The number of nitrogens with zero attached hydrogens (tertiary/aromatic N) is 3. The first-order valence-corrected chi connectivity index (χ1v) is 16.8. The van der Waals surface area contributed by atoms with E-state index in [1.54, 1.807) is 11.3 Å². The van der Waals surface area contributed by atoms with Crippen LogP contribution >= 0.6 is 11.3 Å². The van der Waals surface area contributed by atoms with Crippen LogP contribution in [0.5, 0.6) is 0 Å². The van der Waals surface area contributed by atoms with Gasteiger partial charge in [-0.1, -0.05) is 105 Å². The van der Waals surface area contributed by atoms with Gasteiger partial charge in [0.2, 0.25) is 0 Å². The van der Waals surface area contributed by atoms with Crippen molar-refractivity contribution in [2.24, 2.45) is 4.99 Å². The van der Waals surface area contributed by atoms with Crippen LogP contribution in [0.4, 0.5) is 0 Å². The molecule has 0 fully saturated rings. The number of aliphatic imine (C=N–C) groups is 1. The third kappa shape index (κ3) is 3.76. The summed E-state index contributed by atoms with van der Waals surface area (Å²) in [6.45, 7) is 4.68. The predicted molar refractivity (Wildman–Crippen MR) is 199 cm³/mol. The highest BCUT2D eigenvalue weighted by Crippen LogP contribution is 2.50. The van der Waals surface area contributed by atoms with Gasteiger partial charge in [-0.05, 0) is 69.7 Å². The first-order chi connectivity index (χ1) is 23.1. The molecule has 0 bridgehead atoms. The lowest BCUT2D eigenvalue weighted by molar-refractivity contribution is 0.661. The van der Waals surface area contributed by atoms with Crippen LogP contribution in [0.3, 0.4) is 0 Å². The maximum Gasteiger partial charge on any atom is 0.363 e. The van der Waals surface area contributed by atoms with E-state index >= 15 is 0 Å². The molecule has 0 saturated carbocycles. The Bertz CT molecular complexity index is 2720. The number of fused-ring (bicyclic) bond motifs is 9. The molecular weight excluding hydrogens is 593 g/mol. The lowest BCUT2D eigenvalue weighted by Gasteiger charge is -2.21. The summed E-state index contributed by atoms with van der Waals surface area (Å²) < 4.78 is 9.95. The summed E-state index contributed by atoms with van der Waals surface area (Å²) >= 11 is 1.80. The molecular formula is C42H29N4S+. The molecule has 6 aromatic carbocycles. The van der Waals surface area contributed by atoms with Gasteiger partial charge in [-0.2, -0.15) is 0 Å². The normalized spacial score (nSPS) is 15.0. The van der Waals surface area contributed by atoms with Gasteiger partial charge in [-0.3, -0.25) is 4.57 Å². The number of hydrogen-bond acceptors (Lipinski definition) is 3. The fourth-order valence-electron chi connectivity index (χ4n) is 7.67. The Kier molecular flexibility index (Phi) is 5.43. The number of para-hydroxylation sites is 1. The first-order valence-electron chi connectivity index (χ1n) is 16.0. The highest BCUT2D eigenvalue weighted by molar-refractivity contribution is 7.26. The van der Waals surface area contributed by atoms with E-state index in [1.807, 2.05) is 6.07 Å². The van der Waals surface area contributed by atoms with Gasteiger partial charge in [0, 0.05) is 31.7 Å². The van der Waals surface area contributed by atoms with Crippen LogP contribution in [0, 0.1) is 0 Å². The predicted octanol–water partition coefficient (Wildman–Crippen LogP) is 9.24. The lowest BCUT2D eigenvalue weighted by atomic mass is 9.82. The van der Waals surface area contributed by atoms with Gasteiger partial charge in [-0.15, -0.1) is 11.3 Å². The molecule has 1 aliphatic heterocycles. The van der Waals surface area contributed by atoms with Crippen molar-refractivity contribution in [3.05, 3.63) is 156 Å². The molecule has 0 amide bonds. The van der Waals surface area contributed by atoms with Crippen LogP contribution in [0.25, 0.3) is 53.1 Å². The fourth-order valence-corrected chi connectivity index (χ4v) is 8.88. The Hall–Kier alpha value is -5.74. The Morgan fingerprint density at radius 1 is 0.617 bits per heavy atom. The first kappa shape index (κ1) is 26.5. The van der Waals surface area contributed by atoms with Crippen LogP contribution in [-0.2, 0) is 5.41 Å². The molecule has 0 unspecified atom stereocenters. The average Bonchev–Trinajstić information content (AvgIpc) is 3.73. The van der Waals surface area contributed by atoms with Crippen molar-refractivity contribution >= 4 is 70.9 Å². The van der Waals surface area contributed by atoms with E-state index < -0.39 is 0 Å². The number of nitrogens with one attached hydrogen (secondary N) is 1. The zero-order valence-corrected chi connectivity index (χ0v) is 26.8. The quantitative estimate of drug-likeness (QED) is 0.192. The van der Waals surface area contributed by atoms with E-state index in [0.29, 0.717) is 5.84 Å². The van der Waals surface area contributed by atoms with Crippen molar-refractivity contribution in [3.63, 3.8) is 0 Å². The molecule has 2 aliphatic rings. The van der Waals surface area contributed by atoms with Crippen LogP contribution in [0.2, 0.25) is 0 Å². The molecule has 3 heterocycles. The molecule has 1 aliphatic carbocycles. The van der Waals surface area contributed by atoms with E-state index in [-0.39, 0.29) is 5.41 Å². The minimum absolute atomic E-state index is 0.0824. The maximum atomic E-state index is 5.36. The van der Waals surface area contributed by atoms with Crippen LogP contribution in [-0.4, -0.2) is 22.2 Å². The van der Waals surface area contributed by atoms with Crippen LogP contribution < -0.4 is 9.98 Å². The average molecular weight is 622 g/mol. The minimum Gasteiger partial charge on any atom is -0.252 e. The molecule has 4 nitrogen and oxygen atoms in total. The third-order valence-corrected chi connectivity index (χ3v) is 11.2. The van der Waals surface area contributed by atoms with Gasteiger partial charge in [0.15, 0.2) is 0 Å². The van der Waals surface area contributed by atoms with Crippen LogP contribution in [0.1, 0.15) is 36.1 Å². The van der Waals surface area contributed by atoms with Crippen molar-refractivity contribution in [3.8, 4) is 11.1 Å². The van der Waals surface area contributed by atoms with Gasteiger partial charge in [0.05, 0.1) is 26.9 Å². The standard InChI is InChI=1S/C42H28N4S/c1-42(2)33-20-9-6-15-26(33)31-24-36-32(23-34(31)42)27-16-7-10-21-35(27)46(36)41-44-39(25-13-4-3-5-14-25)43-40(45-41)30-19-12-18-29-28-17-8-11-22-37(28)47-38(29)30/h3-24H,1-2H3/p+1. The Balaban J connectivity index is 1.26. The van der Waals surface area contributed by atoms with Crippen molar-refractivity contribution in [2.45, 2.75) is 19.3 Å². The minimum atomic E-state index is -0.0824. The highest BCUT2D eigenvalue weighted by atomic mass is 32.1. The molecule has 8 aromatic rings. The zero-order valence-electron chi connectivity index (χ0n) is 26.0. The summed E-state index contributed by atoms with van der Waals surface area (Å²) in [7, 11) is 0. The number of thiophene rings is 1. The zero-order chi connectivity index (χ0) is 31.3. The van der Waals surface area contributed by atoms with Gasteiger partial charge in [-0.25, -0.2) is 9.98 Å². The van der Waals surface area contributed by atoms with E-state index in [2.05, 4.69) is 151 Å². The SMILES string of the molecule is CC1(C)c2ccccc2-c2cc3c(cc21)c1ccccc1n3C1=NC(c2cccc3c2sc2ccccc23)=[N+]=C(c2ccccc2)N1. The number of benzene rings is 6. The molecule has 2 aromatic heterocycles. The Morgan fingerprint density at radius 2 is 1.34 bits per heavy atom. The Morgan fingerprint density at radius 3 is 2.23 bits per heavy atom. The molecule has 47 heavy (non-hydrogen) atoms. The van der Waals surface area contributed by atoms with E-state index in [4.69, 9.17) is 9.66 Å². The topological polar surface area (TPSA) is 43.4 Å². The number of aromatic nitrogens is 1. The van der Waals surface area contributed by atoms with Crippen molar-refractivity contribution in [2.75, 3.05) is 0 Å². The summed E-state index contributed by atoms with van der Waals surface area (Å²) in [4.78, 5) is 5.36. The smallest absolute Gasteiger partial charge is 0.252 e. The highest BCUT2D eigenvalue weighted by Gasteiger charge is 2.37. The van der Waals surface area contributed by atoms with Gasteiger partial charge in [0.1, 0.15) is 0 Å². The largest absolute Gasteiger partial charge is 0.363 e. The Labute approximate surface area is 275 Å². The van der Waals surface area contributed by atoms with Gasteiger partial charge < -0.3 is 0 Å². The van der Waals surface area contributed by atoms with Crippen LogP contribution in [0.15, 0.2) is 138 Å². The monoisotopic (exact) mass is 621 g/mol. The molecule has 10 rings (SSSR count). The molecule has 1 N–H and O–H groups in total. The summed E-state index contributed by atoms with van der Waals surface area (Å²) in [6.07, 6.45) is 0. The lowest BCUT2D eigenvalue weighted by Crippen LogP contribution is -2.41. The van der Waals surface area contributed by atoms with Gasteiger partial charge >= 0.3 is 17.6 Å². The second kappa shape index (κ2) is 9.63. The molecule has 5 heteroatoms. The number of amidine groups is 2. The molecule has 0 saturated heterocycles.